The van der Waals surface area contributed by atoms with Crippen molar-refractivity contribution >= 4 is 40.7 Å². The molecule has 2 amide bonds. The van der Waals surface area contributed by atoms with Gasteiger partial charge in [0.15, 0.2) is 5.11 Å². The zero-order chi connectivity index (χ0) is 21.3. The van der Waals surface area contributed by atoms with E-state index in [2.05, 4.69) is 27.6 Å². The highest BCUT2D eigenvalue weighted by atomic mass is 32.1. The average molecular weight is 422 g/mol. The lowest BCUT2D eigenvalue weighted by atomic mass is 10.1. The molecule has 0 saturated heterocycles. The minimum absolute atomic E-state index is 0.0225. The number of hydrogen-bond acceptors (Lipinski definition) is 4. The number of para-hydroxylation sites is 2. The Morgan fingerprint density at radius 3 is 1.93 bits per heavy atom. The molecule has 0 spiro atoms. The molecule has 0 bridgehead atoms. The van der Waals surface area contributed by atoms with Crippen molar-refractivity contribution in [1.82, 2.24) is 5.32 Å². The molecule has 7 heteroatoms. The highest BCUT2D eigenvalue weighted by Gasteiger charge is 2.09. The lowest BCUT2D eigenvalue weighted by Crippen LogP contribution is -2.34. The van der Waals surface area contributed by atoms with Crippen LogP contribution in [-0.4, -0.2) is 24.2 Å². The molecule has 0 aliphatic heterocycles. The molecule has 3 N–H and O–H groups in total. The first kappa shape index (κ1) is 24.9. The van der Waals surface area contributed by atoms with Gasteiger partial charge in [0.25, 0.3) is 0 Å². The van der Waals surface area contributed by atoms with Crippen LogP contribution in [0.3, 0.4) is 0 Å². The lowest BCUT2D eigenvalue weighted by Gasteiger charge is -2.14. The summed E-state index contributed by atoms with van der Waals surface area (Å²) in [6.07, 6.45) is 12.2. The summed E-state index contributed by atoms with van der Waals surface area (Å²) in [5.74, 6) is -0.0225. The van der Waals surface area contributed by atoms with Gasteiger partial charge in [0, 0.05) is 6.42 Å². The smallest absolute Gasteiger partial charge is 0.413 e. The molecule has 0 unspecified atom stereocenters. The van der Waals surface area contributed by atoms with Crippen molar-refractivity contribution in [2.75, 3.05) is 17.7 Å². The second-order valence-corrected chi connectivity index (χ2v) is 7.50. The van der Waals surface area contributed by atoms with E-state index in [4.69, 9.17) is 12.2 Å². The largest absolute Gasteiger partial charge is 0.453 e. The molecule has 0 aliphatic rings. The van der Waals surface area contributed by atoms with Gasteiger partial charge in [0.1, 0.15) is 0 Å². The van der Waals surface area contributed by atoms with Crippen LogP contribution >= 0.6 is 12.2 Å². The molecule has 0 heterocycles. The summed E-state index contributed by atoms with van der Waals surface area (Å²) in [5.41, 5.74) is 1.24. The summed E-state index contributed by atoms with van der Waals surface area (Å²) in [6.45, 7) is 2.24. The number of benzene rings is 1. The van der Waals surface area contributed by atoms with Crippen LogP contribution in [0.1, 0.15) is 77.6 Å². The summed E-state index contributed by atoms with van der Waals surface area (Å²) in [5, 5.41) is 8.29. The number of carbonyl (C=O) groups is 2. The predicted octanol–water partition coefficient (Wildman–Crippen LogP) is 5.99. The van der Waals surface area contributed by atoms with Crippen molar-refractivity contribution in [1.29, 1.82) is 0 Å². The van der Waals surface area contributed by atoms with Gasteiger partial charge in [-0.25, -0.2) is 4.79 Å². The van der Waals surface area contributed by atoms with Crippen molar-refractivity contribution in [3.05, 3.63) is 24.3 Å². The first-order valence-electron chi connectivity index (χ1n) is 10.6. The number of alkyl carbamates (subject to hydrolysis) is 1. The number of rotatable bonds is 13. The topological polar surface area (TPSA) is 79.5 Å². The minimum Gasteiger partial charge on any atom is -0.453 e. The van der Waals surface area contributed by atoms with E-state index in [0.29, 0.717) is 17.8 Å². The number of carbonyl (C=O) groups excluding carboxylic acids is 2. The molecule has 1 rings (SSSR count). The van der Waals surface area contributed by atoms with Crippen LogP contribution in [0.2, 0.25) is 0 Å². The van der Waals surface area contributed by atoms with Crippen LogP contribution in [0.25, 0.3) is 0 Å². The fraction of sp³-hybridized carbons (Fsp3) is 0.591. The zero-order valence-corrected chi connectivity index (χ0v) is 18.5. The van der Waals surface area contributed by atoms with Crippen LogP contribution in [-0.2, 0) is 9.53 Å². The second kappa shape index (κ2) is 15.7. The van der Waals surface area contributed by atoms with Gasteiger partial charge in [-0.3, -0.25) is 10.1 Å². The zero-order valence-electron chi connectivity index (χ0n) is 17.7. The van der Waals surface area contributed by atoms with E-state index in [9.17, 15) is 9.59 Å². The molecule has 0 aromatic heterocycles. The van der Waals surface area contributed by atoms with E-state index in [-0.39, 0.29) is 11.0 Å². The summed E-state index contributed by atoms with van der Waals surface area (Å²) in [4.78, 5) is 23.5. The normalized spacial score (nSPS) is 10.3. The molecule has 0 fully saturated rings. The van der Waals surface area contributed by atoms with Crippen molar-refractivity contribution in [2.24, 2.45) is 0 Å². The summed E-state index contributed by atoms with van der Waals surface area (Å²) in [7, 11) is 1.26. The van der Waals surface area contributed by atoms with Crippen LogP contribution in [0.15, 0.2) is 24.3 Å². The SMILES string of the molecule is CCCCCCCCCCCCC(=O)Nc1ccccc1NC(=S)NC(=O)OC. The van der Waals surface area contributed by atoms with Crippen molar-refractivity contribution in [2.45, 2.75) is 77.6 Å². The fourth-order valence-corrected chi connectivity index (χ4v) is 3.18. The number of methoxy groups -OCH3 is 1. The summed E-state index contributed by atoms with van der Waals surface area (Å²) < 4.78 is 4.51. The van der Waals surface area contributed by atoms with E-state index < -0.39 is 6.09 Å². The van der Waals surface area contributed by atoms with Gasteiger partial charge in [0.05, 0.1) is 18.5 Å². The standard InChI is InChI=1S/C22H35N3O3S/c1-3-4-5-6-7-8-9-10-11-12-17-20(26)23-18-15-13-14-16-19(18)24-21(29)25-22(27)28-2/h13-16H,3-12,17H2,1-2H3,(H,23,26)(H2,24,25,27,29). The van der Waals surface area contributed by atoms with E-state index in [1.165, 1.54) is 58.5 Å². The number of anilines is 2. The van der Waals surface area contributed by atoms with Gasteiger partial charge in [-0.15, -0.1) is 0 Å². The quantitative estimate of drug-likeness (QED) is 0.269. The molecule has 162 valence electrons. The van der Waals surface area contributed by atoms with E-state index >= 15 is 0 Å². The Hall–Kier alpha value is -2.15. The lowest BCUT2D eigenvalue weighted by molar-refractivity contribution is -0.116. The third-order valence-corrected chi connectivity index (χ3v) is 4.81. The fourth-order valence-electron chi connectivity index (χ4n) is 2.98. The second-order valence-electron chi connectivity index (χ2n) is 7.10. The number of hydrogen-bond donors (Lipinski definition) is 3. The van der Waals surface area contributed by atoms with Crippen molar-refractivity contribution < 1.29 is 14.3 Å². The Kier molecular flexibility index (Phi) is 13.5. The van der Waals surface area contributed by atoms with Crippen LogP contribution < -0.4 is 16.0 Å². The summed E-state index contributed by atoms with van der Waals surface area (Å²) >= 11 is 5.07. The van der Waals surface area contributed by atoms with Crippen molar-refractivity contribution in [3.8, 4) is 0 Å². The first-order chi connectivity index (χ1) is 14.1. The van der Waals surface area contributed by atoms with Gasteiger partial charge in [-0.2, -0.15) is 0 Å². The van der Waals surface area contributed by atoms with Crippen LogP contribution in [0, 0.1) is 0 Å². The Morgan fingerprint density at radius 2 is 1.38 bits per heavy atom. The molecular formula is C22H35N3O3S. The number of unbranched alkanes of at least 4 members (excludes halogenated alkanes) is 9. The van der Waals surface area contributed by atoms with Crippen LogP contribution in [0.4, 0.5) is 16.2 Å². The number of ether oxygens (including phenoxy) is 1. The molecular weight excluding hydrogens is 386 g/mol. The third-order valence-electron chi connectivity index (χ3n) is 4.61. The first-order valence-corrected chi connectivity index (χ1v) is 11.0. The Labute approximate surface area is 180 Å². The van der Waals surface area contributed by atoms with E-state index in [0.717, 1.165) is 12.8 Å². The molecule has 0 aliphatic carbocycles. The average Bonchev–Trinajstić information content (AvgIpc) is 2.70. The molecule has 6 nitrogen and oxygen atoms in total. The molecule has 1 aromatic carbocycles. The summed E-state index contributed by atoms with van der Waals surface area (Å²) in [6, 6.07) is 7.22. The maximum Gasteiger partial charge on any atom is 0.413 e. The van der Waals surface area contributed by atoms with Gasteiger partial charge >= 0.3 is 6.09 Å². The number of nitrogens with one attached hydrogen (secondary N) is 3. The van der Waals surface area contributed by atoms with Gasteiger partial charge in [-0.05, 0) is 30.8 Å². The molecule has 0 radical (unpaired) electrons. The van der Waals surface area contributed by atoms with Gasteiger partial charge < -0.3 is 15.4 Å². The molecule has 1 aromatic rings. The van der Waals surface area contributed by atoms with Gasteiger partial charge in [0.2, 0.25) is 5.91 Å². The molecule has 0 saturated carbocycles. The molecule has 0 atom stereocenters. The van der Waals surface area contributed by atoms with Crippen LogP contribution in [0.5, 0.6) is 0 Å². The van der Waals surface area contributed by atoms with Gasteiger partial charge in [-0.1, -0.05) is 76.8 Å². The third kappa shape index (κ3) is 12.1. The highest BCUT2D eigenvalue weighted by molar-refractivity contribution is 7.80. The monoisotopic (exact) mass is 421 g/mol. The number of thiocarbonyl (C=S) groups is 1. The maximum absolute atomic E-state index is 12.2. The Morgan fingerprint density at radius 1 is 0.862 bits per heavy atom. The highest BCUT2D eigenvalue weighted by Crippen LogP contribution is 2.21. The Bertz CT molecular complexity index is 637. The van der Waals surface area contributed by atoms with E-state index in [1.807, 2.05) is 12.1 Å². The van der Waals surface area contributed by atoms with Crippen molar-refractivity contribution in [3.63, 3.8) is 0 Å². The Balaban J connectivity index is 2.25. The molecule has 29 heavy (non-hydrogen) atoms. The number of amides is 2. The van der Waals surface area contributed by atoms with E-state index in [1.54, 1.807) is 12.1 Å². The minimum atomic E-state index is -0.648. The predicted molar refractivity (Wildman–Crippen MR) is 123 cm³/mol. The maximum atomic E-state index is 12.2.